The Morgan fingerprint density at radius 2 is 2.09 bits per heavy atom. The highest BCUT2D eigenvalue weighted by Crippen LogP contribution is 2.18. The molecule has 0 spiro atoms. The summed E-state index contributed by atoms with van der Waals surface area (Å²) in [5.41, 5.74) is 0. The lowest BCUT2D eigenvalue weighted by molar-refractivity contribution is -0.117. The summed E-state index contributed by atoms with van der Waals surface area (Å²) in [6.45, 7) is 5.77. The molecule has 1 atom stereocenters. The van der Waals surface area contributed by atoms with Gasteiger partial charge in [-0.2, -0.15) is 0 Å². The molecule has 0 fully saturated rings. The molecule has 0 saturated heterocycles. The van der Waals surface area contributed by atoms with Gasteiger partial charge in [0.15, 0.2) is 5.76 Å². The summed E-state index contributed by atoms with van der Waals surface area (Å²) in [5.74, 6) is -0.157. The third-order valence-electron chi connectivity index (χ3n) is 2.77. The Hall–Kier alpha value is -2.22. The summed E-state index contributed by atoms with van der Waals surface area (Å²) in [4.78, 5) is 23.8. The van der Waals surface area contributed by atoms with Crippen LogP contribution in [-0.4, -0.2) is 28.1 Å². The van der Waals surface area contributed by atoms with E-state index in [4.69, 9.17) is 4.42 Å². The summed E-state index contributed by atoms with van der Waals surface area (Å²) in [6.07, 6.45) is 2.22. The number of anilines is 1. The lowest BCUT2D eigenvalue weighted by Gasteiger charge is -2.11. The van der Waals surface area contributed by atoms with Crippen LogP contribution in [0.25, 0.3) is 0 Å². The first-order valence-corrected chi connectivity index (χ1v) is 7.75. The van der Waals surface area contributed by atoms with Gasteiger partial charge >= 0.3 is 0 Å². The van der Waals surface area contributed by atoms with Gasteiger partial charge in [0.25, 0.3) is 5.91 Å². The molecule has 2 aromatic heterocycles. The first-order chi connectivity index (χ1) is 10.5. The van der Waals surface area contributed by atoms with Gasteiger partial charge in [0, 0.05) is 6.42 Å². The van der Waals surface area contributed by atoms with Crippen molar-refractivity contribution in [1.29, 1.82) is 0 Å². The molecule has 0 bridgehead atoms. The molecule has 22 heavy (non-hydrogen) atoms. The Bertz CT molecular complexity index is 636. The molecule has 0 aliphatic heterocycles. The molecular weight excluding hydrogens is 304 g/mol. The van der Waals surface area contributed by atoms with Crippen molar-refractivity contribution < 1.29 is 14.0 Å². The van der Waals surface area contributed by atoms with Crippen LogP contribution >= 0.6 is 11.3 Å². The van der Waals surface area contributed by atoms with Crippen LogP contribution in [0.15, 0.2) is 22.8 Å². The van der Waals surface area contributed by atoms with Crippen LogP contribution in [0.2, 0.25) is 0 Å². The quantitative estimate of drug-likeness (QED) is 0.848. The molecule has 7 nitrogen and oxygen atoms in total. The second-order valence-corrected chi connectivity index (χ2v) is 6.32. The number of carbonyl (C=O) groups is 2. The van der Waals surface area contributed by atoms with Crippen molar-refractivity contribution in [2.24, 2.45) is 5.92 Å². The topological polar surface area (TPSA) is 97.1 Å². The van der Waals surface area contributed by atoms with Gasteiger partial charge in [0.2, 0.25) is 11.0 Å². The van der Waals surface area contributed by atoms with E-state index < -0.39 is 11.9 Å². The van der Waals surface area contributed by atoms with Gasteiger partial charge in [-0.25, -0.2) is 0 Å². The van der Waals surface area contributed by atoms with Crippen LogP contribution in [0.3, 0.4) is 0 Å². The van der Waals surface area contributed by atoms with Crippen LogP contribution in [0, 0.1) is 5.92 Å². The monoisotopic (exact) mass is 322 g/mol. The fourth-order valence-corrected chi connectivity index (χ4v) is 2.65. The maximum atomic E-state index is 12.0. The Kier molecular flexibility index (Phi) is 5.26. The number of aromatic nitrogens is 2. The minimum Gasteiger partial charge on any atom is -0.459 e. The van der Waals surface area contributed by atoms with Gasteiger partial charge in [-0.1, -0.05) is 25.2 Å². The Labute approximate surface area is 132 Å². The normalized spacial score (nSPS) is 12.2. The van der Waals surface area contributed by atoms with E-state index in [9.17, 15) is 9.59 Å². The maximum Gasteiger partial charge on any atom is 0.287 e. The van der Waals surface area contributed by atoms with E-state index in [-0.39, 0.29) is 11.7 Å². The van der Waals surface area contributed by atoms with Gasteiger partial charge in [0.05, 0.1) is 6.26 Å². The van der Waals surface area contributed by atoms with E-state index in [0.29, 0.717) is 11.0 Å². The highest BCUT2D eigenvalue weighted by atomic mass is 32.1. The van der Waals surface area contributed by atoms with Crippen molar-refractivity contribution in [3.8, 4) is 0 Å². The van der Waals surface area contributed by atoms with Crippen molar-refractivity contribution in [3.63, 3.8) is 0 Å². The molecule has 2 amide bonds. The molecule has 0 aliphatic rings. The van der Waals surface area contributed by atoms with E-state index in [1.54, 1.807) is 13.0 Å². The van der Waals surface area contributed by atoms with Crippen LogP contribution in [0.5, 0.6) is 0 Å². The van der Waals surface area contributed by atoms with E-state index in [1.165, 1.54) is 23.7 Å². The molecule has 118 valence electrons. The first kappa shape index (κ1) is 16.2. The van der Waals surface area contributed by atoms with Crippen molar-refractivity contribution in [1.82, 2.24) is 15.5 Å². The summed E-state index contributed by atoms with van der Waals surface area (Å²) in [6, 6.07) is 2.43. The second-order valence-electron chi connectivity index (χ2n) is 5.26. The lowest BCUT2D eigenvalue weighted by Crippen LogP contribution is -2.41. The van der Waals surface area contributed by atoms with Crippen molar-refractivity contribution in [2.45, 2.75) is 33.2 Å². The largest absolute Gasteiger partial charge is 0.459 e. The van der Waals surface area contributed by atoms with E-state index in [0.717, 1.165) is 11.4 Å². The maximum absolute atomic E-state index is 12.0. The predicted molar refractivity (Wildman–Crippen MR) is 82.7 cm³/mol. The zero-order chi connectivity index (χ0) is 16.1. The summed E-state index contributed by atoms with van der Waals surface area (Å²) in [5, 5.41) is 14.5. The third kappa shape index (κ3) is 4.39. The van der Waals surface area contributed by atoms with Gasteiger partial charge < -0.3 is 9.73 Å². The minimum absolute atomic E-state index is 0.162. The van der Waals surface area contributed by atoms with Gasteiger partial charge in [-0.3, -0.25) is 14.9 Å². The number of hydrogen-bond donors (Lipinski definition) is 2. The number of rotatable bonds is 6. The van der Waals surface area contributed by atoms with Crippen LogP contribution in [0.4, 0.5) is 5.13 Å². The van der Waals surface area contributed by atoms with Crippen LogP contribution in [-0.2, 0) is 11.2 Å². The molecule has 0 unspecified atom stereocenters. The van der Waals surface area contributed by atoms with Crippen LogP contribution < -0.4 is 10.6 Å². The Morgan fingerprint density at radius 3 is 2.73 bits per heavy atom. The Morgan fingerprint density at radius 1 is 1.32 bits per heavy atom. The molecule has 2 N–H and O–H groups in total. The minimum atomic E-state index is -0.713. The van der Waals surface area contributed by atoms with Crippen molar-refractivity contribution in [3.05, 3.63) is 29.2 Å². The zero-order valence-corrected chi connectivity index (χ0v) is 13.4. The molecule has 0 aromatic carbocycles. The number of carbonyl (C=O) groups excluding carboxylic acids is 2. The summed E-state index contributed by atoms with van der Waals surface area (Å²) in [7, 11) is 0. The predicted octanol–water partition coefficient (Wildman–Crippen LogP) is 2.09. The van der Waals surface area contributed by atoms with Gasteiger partial charge in [-0.05, 0) is 25.0 Å². The molecular formula is C14H18N4O3S. The number of furan rings is 1. The van der Waals surface area contributed by atoms with Gasteiger partial charge in [-0.15, -0.1) is 10.2 Å². The lowest BCUT2D eigenvalue weighted by atomic mass is 10.1. The smallest absolute Gasteiger partial charge is 0.287 e. The zero-order valence-electron chi connectivity index (χ0n) is 12.6. The van der Waals surface area contributed by atoms with Crippen molar-refractivity contribution >= 4 is 28.3 Å². The van der Waals surface area contributed by atoms with Crippen molar-refractivity contribution in [2.75, 3.05) is 5.32 Å². The Balaban J connectivity index is 1.88. The molecule has 0 radical (unpaired) electrons. The molecule has 0 saturated carbocycles. The molecule has 0 aliphatic carbocycles. The number of nitrogens with one attached hydrogen (secondary N) is 2. The number of nitrogens with zero attached hydrogens (tertiary/aromatic N) is 2. The molecule has 2 aromatic rings. The van der Waals surface area contributed by atoms with E-state index in [1.807, 2.05) is 0 Å². The SMILES string of the molecule is CC(C)Cc1nnc(NC(=O)[C@H](C)NC(=O)c2ccco2)s1. The van der Waals surface area contributed by atoms with E-state index >= 15 is 0 Å². The molecule has 2 rings (SSSR count). The summed E-state index contributed by atoms with van der Waals surface area (Å²) >= 11 is 1.34. The fourth-order valence-electron chi connectivity index (χ4n) is 1.69. The number of amides is 2. The van der Waals surface area contributed by atoms with Gasteiger partial charge in [0.1, 0.15) is 11.0 Å². The number of hydrogen-bond acceptors (Lipinski definition) is 6. The molecule has 8 heteroatoms. The fraction of sp³-hybridized carbons (Fsp3) is 0.429. The second kappa shape index (κ2) is 7.17. The standard InChI is InChI=1S/C14H18N4O3S/c1-8(2)7-11-17-18-14(22-11)16-12(19)9(3)15-13(20)10-5-4-6-21-10/h4-6,8-9H,7H2,1-3H3,(H,15,20)(H,16,18,19)/t9-/m0/s1. The average Bonchev–Trinajstić information content (AvgIpc) is 3.09. The van der Waals surface area contributed by atoms with Crippen LogP contribution in [0.1, 0.15) is 36.3 Å². The first-order valence-electron chi connectivity index (χ1n) is 6.93. The highest BCUT2D eigenvalue weighted by Gasteiger charge is 2.19. The summed E-state index contributed by atoms with van der Waals surface area (Å²) < 4.78 is 4.97. The van der Waals surface area contributed by atoms with E-state index in [2.05, 4.69) is 34.7 Å². The molecule has 2 heterocycles. The highest BCUT2D eigenvalue weighted by molar-refractivity contribution is 7.15. The third-order valence-corrected chi connectivity index (χ3v) is 3.63. The average molecular weight is 322 g/mol.